The van der Waals surface area contributed by atoms with Gasteiger partial charge in [0, 0.05) is 0 Å². The number of fused-ring (bicyclic) bond motifs is 1. The van der Waals surface area contributed by atoms with Crippen molar-refractivity contribution in [1.29, 1.82) is 0 Å². The largest absolute Gasteiger partial charge is 0.472 e. The van der Waals surface area contributed by atoms with Crippen LogP contribution in [0.2, 0.25) is 0 Å². The molecule has 2 rings (SSSR count). The number of nitrogens with zero attached hydrogens (tertiary/aromatic N) is 2. The summed E-state index contributed by atoms with van der Waals surface area (Å²) in [4.78, 5) is 19.4. The molecule has 72 valence electrons. The van der Waals surface area contributed by atoms with E-state index < -0.39 is 0 Å². The molecular weight excluding hydrogens is 220 g/mol. The fraction of sp³-hybridized carbons (Fsp3) is 0.125. The summed E-state index contributed by atoms with van der Waals surface area (Å²) >= 11 is 0. The van der Waals surface area contributed by atoms with Gasteiger partial charge in [-0.25, -0.2) is 4.98 Å². The molecule has 0 unspecified atom stereocenters. The average Bonchev–Trinajstić information content (AvgIpc) is 2.18. The minimum Gasteiger partial charge on any atom is -0.472 e. The highest BCUT2D eigenvalue weighted by atomic mass is 33.1. The molecule has 0 saturated carbocycles. The van der Waals surface area contributed by atoms with Crippen LogP contribution in [0.25, 0.3) is 11.3 Å². The summed E-state index contributed by atoms with van der Waals surface area (Å²) in [5.41, 5.74) is 0.738. The van der Waals surface area contributed by atoms with E-state index in [4.69, 9.17) is 4.42 Å². The van der Waals surface area contributed by atoms with E-state index in [0.717, 1.165) is 0 Å². The third kappa shape index (κ3) is 1.76. The van der Waals surface area contributed by atoms with Gasteiger partial charge in [-0.1, -0.05) is 10.8 Å². The summed E-state index contributed by atoms with van der Waals surface area (Å²) in [6.45, 7) is 0. The molecule has 0 amide bonds. The van der Waals surface area contributed by atoms with E-state index >= 15 is 0 Å². The second-order valence-corrected chi connectivity index (χ2v) is 4.78. The van der Waals surface area contributed by atoms with Crippen LogP contribution in [0.5, 0.6) is 0 Å². The topological polar surface area (TPSA) is 56.0 Å². The van der Waals surface area contributed by atoms with Gasteiger partial charge < -0.3 is 4.42 Å². The number of aromatic nitrogens is 2. The van der Waals surface area contributed by atoms with E-state index in [0.29, 0.717) is 16.4 Å². The Labute approximate surface area is 87.9 Å². The first-order valence-electron chi connectivity index (χ1n) is 3.76. The summed E-state index contributed by atoms with van der Waals surface area (Å²) < 4.78 is 4.88. The van der Waals surface area contributed by atoms with Gasteiger partial charge in [0.15, 0.2) is 0 Å². The van der Waals surface area contributed by atoms with Crippen LogP contribution in [-0.2, 0) is 0 Å². The lowest BCUT2D eigenvalue weighted by Crippen LogP contribution is -2.12. The van der Waals surface area contributed by atoms with Crippen molar-refractivity contribution in [1.82, 2.24) is 9.97 Å². The molecule has 14 heavy (non-hydrogen) atoms. The molecule has 0 saturated heterocycles. The van der Waals surface area contributed by atoms with E-state index in [-0.39, 0.29) is 5.56 Å². The zero-order chi connectivity index (χ0) is 9.97. The van der Waals surface area contributed by atoms with Crippen molar-refractivity contribution in [2.24, 2.45) is 0 Å². The maximum absolute atomic E-state index is 11.4. The van der Waals surface area contributed by atoms with Gasteiger partial charge in [0.25, 0.3) is 5.56 Å². The number of hydrogen-bond acceptors (Lipinski definition) is 6. The van der Waals surface area contributed by atoms with E-state index in [2.05, 4.69) is 9.97 Å². The van der Waals surface area contributed by atoms with Crippen LogP contribution < -0.4 is 5.56 Å². The molecule has 2 aliphatic heterocycles. The lowest BCUT2D eigenvalue weighted by atomic mass is 10.2. The van der Waals surface area contributed by atoms with Gasteiger partial charge in [0.2, 0.25) is 5.16 Å². The number of hydrogen-bond donors (Lipinski definition) is 0. The second-order valence-electron chi connectivity index (χ2n) is 2.42. The van der Waals surface area contributed by atoms with Gasteiger partial charge in [-0.3, -0.25) is 4.79 Å². The summed E-state index contributed by atoms with van der Waals surface area (Å²) in [5, 5.41) is 0.487. The van der Waals surface area contributed by atoms with E-state index in [1.54, 1.807) is 6.07 Å². The molecule has 0 fully saturated rings. The highest BCUT2D eigenvalue weighted by Crippen LogP contribution is 2.26. The Kier molecular flexibility index (Phi) is 2.74. The lowest BCUT2D eigenvalue weighted by molar-refractivity contribution is 0.549. The minimum absolute atomic E-state index is 0.295. The minimum atomic E-state index is -0.295. The van der Waals surface area contributed by atoms with E-state index in [1.807, 2.05) is 6.26 Å². The molecule has 0 atom stereocenters. The highest BCUT2D eigenvalue weighted by molar-refractivity contribution is 8.76. The second kappa shape index (κ2) is 4.02. The summed E-state index contributed by atoms with van der Waals surface area (Å²) in [6, 6.07) is 1.66. The molecule has 0 aromatic heterocycles. The molecule has 0 aliphatic carbocycles. The molecule has 0 spiro atoms. The quantitative estimate of drug-likeness (QED) is 0.576. The summed E-state index contributed by atoms with van der Waals surface area (Å²) in [5.74, 6) is 0. The molecule has 0 bridgehead atoms. The van der Waals surface area contributed by atoms with Crippen molar-refractivity contribution in [3.8, 4) is 11.3 Å². The van der Waals surface area contributed by atoms with Gasteiger partial charge in [-0.2, -0.15) is 4.98 Å². The van der Waals surface area contributed by atoms with Crippen molar-refractivity contribution in [3.63, 3.8) is 0 Å². The Hall–Kier alpha value is -1.01. The zero-order valence-corrected chi connectivity index (χ0v) is 8.89. The maximum atomic E-state index is 11.4. The van der Waals surface area contributed by atoms with Gasteiger partial charge >= 0.3 is 0 Å². The summed E-state index contributed by atoms with van der Waals surface area (Å²) in [6.07, 6.45) is 4.76. The molecule has 4 nitrogen and oxygen atoms in total. The Morgan fingerprint density at radius 3 is 3.07 bits per heavy atom. The zero-order valence-electron chi connectivity index (χ0n) is 7.26. The Morgan fingerprint density at radius 2 is 2.29 bits per heavy atom. The molecule has 0 radical (unpaired) electrons. The van der Waals surface area contributed by atoms with Crippen molar-refractivity contribution < 1.29 is 4.42 Å². The third-order valence-electron chi connectivity index (χ3n) is 1.57. The van der Waals surface area contributed by atoms with Gasteiger partial charge in [0.1, 0.15) is 11.8 Å². The maximum Gasteiger partial charge on any atom is 0.284 e. The van der Waals surface area contributed by atoms with Crippen LogP contribution in [0.3, 0.4) is 0 Å². The fourth-order valence-corrected chi connectivity index (χ4v) is 2.08. The number of rotatable bonds is 2. The third-order valence-corrected chi connectivity index (χ3v) is 3.01. The van der Waals surface area contributed by atoms with Crippen molar-refractivity contribution in [2.75, 3.05) is 6.26 Å². The van der Waals surface area contributed by atoms with Crippen molar-refractivity contribution in [2.45, 2.75) is 5.16 Å². The Bertz CT molecular complexity index is 471. The average molecular weight is 226 g/mol. The first-order valence-corrected chi connectivity index (χ1v) is 6.32. The monoisotopic (exact) mass is 226 g/mol. The van der Waals surface area contributed by atoms with Crippen LogP contribution in [-0.4, -0.2) is 16.2 Å². The molecule has 6 heteroatoms. The molecule has 2 aliphatic rings. The van der Waals surface area contributed by atoms with Gasteiger partial charge in [-0.15, -0.1) is 0 Å². The van der Waals surface area contributed by atoms with Crippen LogP contribution in [0.15, 0.2) is 33.0 Å². The smallest absolute Gasteiger partial charge is 0.284 e. The van der Waals surface area contributed by atoms with Crippen LogP contribution in [0.1, 0.15) is 0 Å². The lowest BCUT2D eigenvalue weighted by Gasteiger charge is -2.01. The first-order chi connectivity index (χ1) is 6.81. The molecule has 0 aromatic carbocycles. The highest BCUT2D eigenvalue weighted by Gasteiger charge is 2.11. The van der Waals surface area contributed by atoms with Crippen LogP contribution in [0, 0.1) is 0 Å². The van der Waals surface area contributed by atoms with Crippen molar-refractivity contribution in [3.05, 3.63) is 28.9 Å². The molecular formula is C8H6N2O2S2. The molecule has 2 heterocycles. The standard InChI is InChI=1S/C8H6N2O2S2/c1-13-14-8-9-6-2-3-12-4-5(6)7(11)10-8/h2-4H,1H3. The van der Waals surface area contributed by atoms with Crippen molar-refractivity contribution >= 4 is 21.6 Å². The predicted octanol–water partition coefficient (Wildman–Crippen LogP) is 1.90. The van der Waals surface area contributed by atoms with Gasteiger partial charge in [0.05, 0.1) is 12.0 Å². The SMILES string of the molecule is CSSc1nc2ccocc-2c(=O)n1. The van der Waals surface area contributed by atoms with Gasteiger partial charge in [-0.05, 0) is 23.1 Å². The fourth-order valence-electron chi connectivity index (χ4n) is 1.01. The Morgan fingerprint density at radius 1 is 1.43 bits per heavy atom. The molecule has 0 aromatic rings. The predicted molar refractivity (Wildman–Crippen MR) is 56.6 cm³/mol. The first kappa shape index (κ1) is 9.54. The van der Waals surface area contributed by atoms with Crippen LogP contribution >= 0.6 is 21.6 Å². The molecule has 0 N–H and O–H groups in total. The summed E-state index contributed by atoms with van der Waals surface area (Å²) in [7, 11) is 2.87. The van der Waals surface area contributed by atoms with E-state index in [1.165, 1.54) is 34.1 Å². The normalized spacial score (nSPS) is 10.6. The van der Waals surface area contributed by atoms with E-state index in [9.17, 15) is 4.79 Å². The van der Waals surface area contributed by atoms with Crippen LogP contribution in [0.4, 0.5) is 0 Å². The Balaban J connectivity index is 2.61.